The maximum absolute atomic E-state index is 13.0. The van der Waals surface area contributed by atoms with Gasteiger partial charge >= 0.3 is 5.97 Å². The van der Waals surface area contributed by atoms with Gasteiger partial charge in [-0.15, -0.1) is 0 Å². The lowest BCUT2D eigenvalue weighted by Gasteiger charge is -2.24. The summed E-state index contributed by atoms with van der Waals surface area (Å²) < 4.78 is 0. The molecule has 0 heterocycles. The van der Waals surface area contributed by atoms with Crippen LogP contribution in [0.25, 0.3) is 11.1 Å². The topological polar surface area (TPSA) is 57.6 Å². The maximum Gasteiger partial charge on any atom is 0.336 e. The number of hydrogen-bond donors (Lipinski definition) is 1. The van der Waals surface area contributed by atoms with Gasteiger partial charge in [0.05, 0.1) is 5.56 Å². The Bertz CT molecular complexity index is 737. The predicted molar refractivity (Wildman–Crippen MR) is 95.3 cm³/mol. The van der Waals surface area contributed by atoms with Crippen LogP contribution in [0.3, 0.4) is 0 Å². The molecule has 2 aromatic carbocycles. The Hall–Kier alpha value is -2.62. The van der Waals surface area contributed by atoms with E-state index in [1.807, 2.05) is 19.1 Å². The molecule has 2 aromatic rings. The van der Waals surface area contributed by atoms with E-state index in [0.29, 0.717) is 35.7 Å². The molecule has 0 unspecified atom stereocenters. The molecule has 1 amide bonds. The fourth-order valence-electron chi connectivity index (χ4n) is 2.78. The van der Waals surface area contributed by atoms with Crippen molar-refractivity contribution in [2.24, 2.45) is 5.92 Å². The Balaban J connectivity index is 2.52. The zero-order valence-corrected chi connectivity index (χ0v) is 14.3. The van der Waals surface area contributed by atoms with Crippen LogP contribution in [-0.2, 0) is 0 Å². The summed E-state index contributed by atoms with van der Waals surface area (Å²) in [5, 5.41) is 9.44. The van der Waals surface area contributed by atoms with E-state index in [2.05, 4.69) is 13.8 Å². The predicted octanol–water partition coefficient (Wildman–Crippen LogP) is 4.17. The Morgan fingerprint density at radius 3 is 1.96 bits per heavy atom. The molecule has 0 atom stereocenters. The van der Waals surface area contributed by atoms with Gasteiger partial charge in [-0.3, -0.25) is 4.79 Å². The monoisotopic (exact) mass is 325 g/mol. The lowest BCUT2D eigenvalue weighted by molar-refractivity contribution is 0.0695. The number of hydrogen-bond acceptors (Lipinski definition) is 2. The maximum atomic E-state index is 13.0. The molecule has 0 spiro atoms. The van der Waals surface area contributed by atoms with Crippen LogP contribution in [0.4, 0.5) is 0 Å². The summed E-state index contributed by atoms with van der Waals surface area (Å²) in [7, 11) is 0. The smallest absolute Gasteiger partial charge is 0.336 e. The van der Waals surface area contributed by atoms with Crippen molar-refractivity contribution in [3.8, 4) is 11.1 Å². The van der Waals surface area contributed by atoms with Crippen LogP contribution in [0.2, 0.25) is 0 Å². The molecule has 0 saturated carbocycles. The molecular weight excluding hydrogens is 302 g/mol. The fraction of sp³-hybridized carbons (Fsp3) is 0.300. The third-order valence-corrected chi connectivity index (χ3v) is 3.86. The highest BCUT2D eigenvalue weighted by molar-refractivity contribution is 6.04. The number of carboxylic acids is 1. The van der Waals surface area contributed by atoms with E-state index in [0.717, 1.165) is 0 Å². The van der Waals surface area contributed by atoms with Gasteiger partial charge in [0, 0.05) is 18.7 Å². The van der Waals surface area contributed by atoms with E-state index in [9.17, 15) is 14.7 Å². The van der Waals surface area contributed by atoms with Crippen molar-refractivity contribution < 1.29 is 14.7 Å². The van der Waals surface area contributed by atoms with Crippen molar-refractivity contribution in [1.29, 1.82) is 0 Å². The van der Waals surface area contributed by atoms with Gasteiger partial charge < -0.3 is 10.0 Å². The summed E-state index contributed by atoms with van der Waals surface area (Å²) in [5.41, 5.74) is 1.95. The number of carbonyl (C=O) groups is 2. The number of amides is 1. The van der Waals surface area contributed by atoms with Crippen molar-refractivity contribution in [2.75, 3.05) is 13.1 Å². The minimum Gasteiger partial charge on any atom is -0.478 e. The van der Waals surface area contributed by atoms with Crippen LogP contribution in [0, 0.1) is 5.92 Å². The molecule has 0 bridgehead atoms. The SMILES string of the molecule is CCN(CC(C)C)C(=O)c1ccccc1-c1ccccc1C(=O)O. The molecule has 0 aliphatic carbocycles. The van der Waals surface area contributed by atoms with Crippen LogP contribution in [0.5, 0.6) is 0 Å². The largest absolute Gasteiger partial charge is 0.478 e. The third-order valence-electron chi connectivity index (χ3n) is 3.86. The van der Waals surface area contributed by atoms with E-state index >= 15 is 0 Å². The van der Waals surface area contributed by atoms with E-state index < -0.39 is 5.97 Å². The first-order valence-corrected chi connectivity index (χ1v) is 8.16. The van der Waals surface area contributed by atoms with Gasteiger partial charge in [-0.2, -0.15) is 0 Å². The van der Waals surface area contributed by atoms with E-state index in [1.165, 1.54) is 0 Å². The second-order valence-electron chi connectivity index (χ2n) is 6.13. The Labute approximate surface area is 142 Å². The third kappa shape index (κ3) is 3.82. The summed E-state index contributed by atoms with van der Waals surface area (Å²) in [6.07, 6.45) is 0. The molecule has 126 valence electrons. The molecule has 0 aliphatic heterocycles. The molecule has 2 rings (SSSR count). The van der Waals surface area contributed by atoms with Crippen molar-refractivity contribution in [3.05, 3.63) is 59.7 Å². The first kappa shape index (κ1) is 17.7. The number of carbonyl (C=O) groups excluding carboxylic acids is 1. The molecule has 0 aliphatic rings. The molecule has 0 radical (unpaired) electrons. The Morgan fingerprint density at radius 2 is 1.46 bits per heavy atom. The van der Waals surface area contributed by atoms with Crippen LogP contribution in [-0.4, -0.2) is 35.0 Å². The highest BCUT2D eigenvalue weighted by Crippen LogP contribution is 2.28. The summed E-state index contributed by atoms with van der Waals surface area (Å²) in [6, 6.07) is 14.0. The first-order valence-electron chi connectivity index (χ1n) is 8.16. The minimum atomic E-state index is -0.998. The molecule has 4 nitrogen and oxygen atoms in total. The normalized spacial score (nSPS) is 10.7. The van der Waals surface area contributed by atoms with Gasteiger partial charge in [0.1, 0.15) is 0 Å². The molecule has 24 heavy (non-hydrogen) atoms. The van der Waals surface area contributed by atoms with Crippen LogP contribution >= 0.6 is 0 Å². The zero-order chi connectivity index (χ0) is 17.7. The number of benzene rings is 2. The molecule has 4 heteroatoms. The highest BCUT2D eigenvalue weighted by atomic mass is 16.4. The van der Waals surface area contributed by atoms with Crippen molar-refractivity contribution >= 4 is 11.9 Å². The quantitative estimate of drug-likeness (QED) is 0.867. The second kappa shape index (κ2) is 7.77. The molecule has 1 N–H and O–H groups in total. The minimum absolute atomic E-state index is 0.0676. The summed E-state index contributed by atoms with van der Waals surface area (Å²) in [4.78, 5) is 26.3. The molecule has 0 fully saturated rings. The van der Waals surface area contributed by atoms with Crippen molar-refractivity contribution in [1.82, 2.24) is 4.90 Å². The first-order chi connectivity index (χ1) is 11.5. The van der Waals surface area contributed by atoms with Gasteiger partial charge in [-0.05, 0) is 36.1 Å². The number of aromatic carboxylic acids is 1. The number of rotatable bonds is 6. The fourth-order valence-corrected chi connectivity index (χ4v) is 2.78. The second-order valence-corrected chi connectivity index (χ2v) is 6.13. The lowest BCUT2D eigenvalue weighted by atomic mass is 9.94. The van der Waals surface area contributed by atoms with Gasteiger partial charge in [0.2, 0.25) is 0 Å². The standard InChI is InChI=1S/C20H23NO3/c1-4-21(13-14(2)3)19(22)17-11-7-5-9-15(17)16-10-6-8-12-18(16)20(23)24/h5-12,14H,4,13H2,1-3H3,(H,23,24). The van der Waals surface area contributed by atoms with E-state index in [1.54, 1.807) is 41.3 Å². The van der Waals surface area contributed by atoms with Gasteiger partial charge in [-0.25, -0.2) is 4.79 Å². The highest BCUT2D eigenvalue weighted by Gasteiger charge is 2.21. The van der Waals surface area contributed by atoms with Gasteiger partial charge in [0.25, 0.3) is 5.91 Å². The number of carboxylic acid groups (broad SMARTS) is 1. The van der Waals surface area contributed by atoms with Crippen LogP contribution < -0.4 is 0 Å². The number of nitrogens with zero attached hydrogens (tertiary/aromatic N) is 1. The van der Waals surface area contributed by atoms with Gasteiger partial charge in [0.15, 0.2) is 0 Å². The molecule has 0 saturated heterocycles. The van der Waals surface area contributed by atoms with Crippen molar-refractivity contribution in [2.45, 2.75) is 20.8 Å². The molecular formula is C20H23NO3. The van der Waals surface area contributed by atoms with Gasteiger partial charge in [-0.1, -0.05) is 50.2 Å². The average molecular weight is 325 g/mol. The Kier molecular flexibility index (Phi) is 5.74. The summed E-state index contributed by atoms with van der Waals surface area (Å²) in [6.45, 7) is 7.38. The lowest BCUT2D eigenvalue weighted by Crippen LogP contribution is -2.34. The summed E-state index contributed by atoms with van der Waals surface area (Å²) in [5.74, 6) is -0.697. The average Bonchev–Trinajstić information content (AvgIpc) is 2.58. The Morgan fingerprint density at radius 1 is 0.958 bits per heavy atom. The van der Waals surface area contributed by atoms with E-state index in [4.69, 9.17) is 0 Å². The van der Waals surface area contributed by atoms with Crippen LogP contribution in [0.15, 0.2) is 48.5 Å². The van der Waals surface area contributed by atoms with Crippen LogP contribution in [0.1, 0.15) is 41.5 Å². The summed E-state index contributed by atoms with van der Waals surface area (Å²) >= 11 is 0. The van der Waals surface area contributed by atoms with Crippen molar-refractivity contribution in [3.63, 3.8) is 0 Å². The molecule has 0 aromatic heterocycles. The zero-order valence-electron chi connectivity index (χ0n) is 14.3. The van der Waals surface area contributed by atoms with E-state index in [-0.39, 0.29) is 11.5 Å².